The van der Waals surface area contributed by atoms with Crippen molar-refractivity contribution in [2.24, 2.45) is 17.8 Å². The topological polar surface area (TPSA) is 0 Å². The molecule has 0 aromatic rings. The molecule has 0 aliphatic heterocycles. The van der Waals surface area contributed by atoms with Gasteiger partial charge in [0.2, 0.25) is 0 Å². The van der Waals surface area contributed by atoms with E-state index in [9.17, 15) is 0 Å². The summed E-state index contributed by atoms with van der Waals surface area (Å²) >= 11 is 0. The SMILES string of the molecule is CC1CC2C=C3CCCC3=CC2C1. The van der Waals surface area contributed by atoms with Gasteiger partial charge in [-0.05, 0) is 61.0 Å². The lowest BCUT2D eigenvalue weighted by atomic mass is 9.85. The van der Waals surface area contributed by atoms with Crippen LogP contribution in [0.4, 0.5) is 0 Å². The zero-order chi connectivity index (χ0) is 8.84. The second kappa shape index (κ2) is 2.73. The van der Waals surface area contributed by atoms with Crippen molar-refractivity contribution in [1.82, 2.24) is 0 Å². The van der Waals surface area contributed by atoms with Crippen LogP contribution in [0.15, 0.2) is 23.3 Å². The van der Waals surface area contributed by atoms with Crippen LogP contribution in [0.2, 0.25) is 0 Å². The van der Waals surface area contributed by atoms with Gasteiger partial charge in [-0.3, -0.25) is 0 Å². The Kier molecular flexibility index (Phi) is 1.65. The van der Waals surface area contributed by atoms with Crippen LogP contribution in [0.1, 0.15) is 39.0 Å². The van der Waals surface area contributed by atoms with Gasteiger partial charge in [-0.15, -0.1) is 0 Å². The Bertz CT molecular complexity index is 254. The summed E-state index contributed by atoms with van der Waals surface area (Å²) in [5.74, 6) is 2.78. The first-order chi connectivity index (χ1) is 6.33. The van der Waals surface area contributed by atoms with E-state index in [2.05, 4.69) is 19.1 Å². The average Bonchev–Trinajstić information content (AvgIpc) is 2.63. The molecule has 0 radical (unpaired) electrons. The summed E-state index contributed by atoms with van der Waals surface area (Å²) in [5.41, 5.74) is 3.41. The molecule has 0 aromatic heterocycles. The maximum Gasteiger partial charge on any atom is -0.0162 e. The van der Waals surface area contributed by atoms with Gasteiger partial charge < -0.3 is 0 Å². The molecule has 2 atom stereocenters. The number of rotatable bonds is 0. The van der Waals surface area contributed by atoms with Crippen LogP contribution in [0, 0.1) is 17.8 Å². The fraction of sp³-hybridized carbons (Fsp3) is 0.692. The smallest absolute Gasteiger partial charge is 0.0162 e. The Balaban J connectivity index is 1.92. The lowest BCUT2D eigenvalue weighted by Gasteiger charge is -2.20. The molecule has 13 heavy (non-hydrogen) atoms. The van der Waals surface area contributed by atoms with Crippen LogP contribution in [-0.4, -0.2) is 0 Å². The molecular weight excluding hydrogens is 156 g/mol. The minimum Gasteiger partial charge on any atom is -0.0773 e. The van der Waals surface area contributed by atoms with Crippen molar-refractivity contribution in [3.8, 4) is 0 Å². The normalized spacial score (nSPS) is 42.4. The molecule has 0 aromatic carbocycles. The first-order valence-electron chi connectivity index (χ1n) is 5.74. The molecule has 2 unspecified atom stereocenters. The molecule has 0 amide bonds. The second-order valence-electron chi connectivity index (χ2n) is 5.14. The van der Waals surface area contributed by atoms with E-state index < -0.39 is 0 Å². The second-order valence-corrected chi connectivity index (χ2v) is 5.14. The number of allylic oxidation sites excluding steroid dienone is 4. The fourth-order valence-electron chi connectivity index (χ4n) is 3.45. The van der Waals surface area contributed by atoms with Crippen molar-refractivity contribution in [3.63, 3.8) is 0 Å². The average molecular weight is 174 g/mol. The highest BCUT2D eigenvalue weighted by Gasteiger charge is 2.33. The predicted octanol–water partition coefficient (Wildman–Crippen LogP) is 3.70. The molecule has 3 aliphatic rings. The molecular formula is C13H18. The third kappa shape index (κ3) is 1.19. The lowest BCUT2D eigenvalue weighted by molar-refractivity contribution is 0.544. The zero-order valence-corrected chi connectivity index (χ0v) is 8.42. The van der Waals surface area contributed by atoms with Crippen molar-refractivity contribution in [2.75, 3.05) is 0 Å². The van der Waals surface area contributed by atoms with Crippen molar-refractivity contribution in [1.29, 1.82) is 0 Å². The van der Waals surface area contributed by atoms with E-state index in [0.717, 1.165) is 17.8 Å². The zero-order valence-electron chi connectivity index (χ0n) is 8.42. The number of hydrogen-bond donors (Lipinski definition) is 0. The molecule has 0 N–H and O–H groups in total. The van der Waals surface area contributed by atoms with E-state index in [1.165, 1.54) is 32.1 Å². The van der Waals surface area contributed by atoms with E-state index in [1.54, 1.807) is 11.1 Å². The standard InChI is InChI=1S/C13H18/c1-9-5-12-7-10-3-2-4-11(10)8-13(12)6-9/h7-9,12-13H,2-6H2,1H3. The first kappa shape index (κ1) is 7.84. The molecule has 2 saturated carbocycles. The third-order valence-electron chi connectivity index (χ3n) is 4.03. The summed E-state index contributed by atoms with van der Waals surface area (Å²) in [7, 11) is 0. The van der Waals surface area contributed by atoms with E-state index in [0.29, 0.717) is 0 Å². The van der Waals surface area contributed by atoms with Gasteiger partial charge in [0.15, 0.2) is 0 Å². The Morgan fingerprint density at radius 3 is 2.08 bits per heavy atom. The van der Waals surface area contributed by atoms with Crippen molar-refractivity contribution in [2.45, 2.75) is 39.0 Å². The minimum atomic E-state index is 0.909. The van der Waals surface area contributed by atoms with Gasteiger partial charge >= 0.3 is 0 Å². The molecule has 0 heterocycles. The molecule has 3 aliphatic carbocycles. The molecule has 2 fully saturated rings. The maximum atomic E-state index is 2.61. The highest BCUT2D eigenvalue weighted by Crippen LogP contribution is 2.46. The summed E-state index contributed by atoms with van der Waals surface area (Å²) in [6, 6.07) is 0. The molecule has 0 nitrogen and oxygen atoms in total. The van der Waals surface area contributed by atoms with Gasteiger partial charge in [-0.2, -0.15) is 0 Å². The molecule has 0 saturated heterocycles. The van der Waals surface area contributed by atoms with Gasteiger partial charge in [0.25, 0.3) is 0 Å². The van der Waals surface area contributed by atoms with Crippen molar-refractivity contribution >= 4 is 0 Å². The quantitative estimate of drug-likeness (QED) is 0.525. The van der Waals surface area contributed by atoms with Crippen LogP contribution in [-0.2, 0) is 0 Å². The molecule has 0 spiro atoms. The lowest BCUT2D eigenvalue weighted by Crippen LogP contribution is -2.08. The minimum absolute atomic E-state index is 0.909. The van der Waals surface area contributed by atoms with Gasteiger partial charge in [-0.25, -0.2) is 0 Å². The molecule has 70 valence electrons. The Morgan fingerprint density at radius 2 is 1.54 bits per heavy atom. The van der Waals surface area contributed by atoms with Gasteiger partial charge in [0, 0.05) is 0 Å². The largest absolute Gasteiger partial charge is 0.0773 e. The Labute approximate surface area is 80.7 Å². The van der Waals surface area contributed by atoms with Crippen molar-refractivity contribution < 1.29 is 0 Å². The molecule has 0 heteroatoms. The van der Waals surface area contributed by atoms with Crippen LogP contribution in [0.3, 0.4) is 0 Å². The Hall–Kier alpha value is -0.520. The highest BCUT2D eigenvalue weighted by molar-refractivity contribution is 5.39. The predicted molar refractivity (Wildman–Crippen MR) is 55.4 cm³/mol. The molecule has 3 rings (SSSR count). The summed E-state index contributed by atoms with van der Waals surface area (Å²) in [4.78, 5) is 0. The summed E-state index contributed by atoms with van der Waals surface area (Å²) in [5, 5.41) is 0. The van der Waals surface area contributed by atoms with Crippen LogP contribution in [0.25, 0.3) is 0 Å². The first-order valence-corrected chi connectivity index (χ1v) is 5.74. The summed E-state index contributed by atoms with van der Waals surface area (Å²) < 4.78 is 0. The summed E-state index contributed by atoms with van der Waals surface area (Å²) in [6.07, 6.45) is 12.2. The van der Waals surface area contributed by atoms with Crippen molar-refractivity contribution in [3.05, 3.63) is 23.3 Å². The number of hydrogen-bond acceptors (Lipinski definition) is 0. The maximum absolute atomic E-state index is 2.61. The highest BCUT2D eigenvalue weighted by atomic mass is 14.4. The van der Waals surface area contributed by atoms with Gasteiger partial charge in [0.1, 0.15) is 0 Å². The third-order valence-corrected chi connectivity index (χ3v) is 4.03. The van der Waals surface area contributed by atoms with E-state index in [1.807, 2.05) is 0 Å². The van der Waals surface area contributed by atoms with Gasteiger partial charge in [0.05, 0.1) is 0 Å². The summed E-state index contributed by atoms with van der Waals surface area (Å²) in [6.45, 7) is 2.41. The number of fused-ring (bicyclic) bond motifs is 2. The fourth-order valence-corrected chi connectivity index (χ4v) is 3.45. The van der Waals surface area contributed by atoms with Crippen LogP contribution in [0.5, 0.6) is 0 Å². The Morgan fingerprint density at radius 1 is 1.00 bits per heavy atom. The van der Waals surface area contributed by atoms with E-state index in [-0.39, 0.29) is 0 Å². The van der Waals surface area contributed by atoms with E-state index >= 15 is 0 Å². The molecule has 0 bridgehead atoms. The van der Waals surface area contributed by atoms with Crippen LogP contribution >= 0.6 is 0 Å². The van der Waals surface area contributed by atoms with Gasteiger partial charge in [-0.1, -0.05) is 19.1 Å². The van der Waals surface area contributed by atoms with Crippen LogP contribution < -0.4 is 0 Å². The monoisotopic (exact) mass is 174 g/mol. The van der Waals surface area contributed by atoms with E-state index in [4.69, 9.17) is 0 Å².